The van der Waals surface area contributed by atoms with E-state index in [1.165, 1.54) is 0 Å². The SMILES string of the molecule is Nc1ccccc1C(=O)C[C@H](N)C(=O)O.O.O=S(=O)(O)O. The molecular weight excluding hydrogens is 308 g/mol. The molecule has 0 aliphatic heterocycles. The van der Waals surface area contributed by atoms with Crippen molar-refractivity contribution < 1.29 is 37.7 Å². The van der Waals surface area contributed by atoms with Crippen molar-refractivity contribution in [3.05, 3.63) is 29.8 Å². The quantitative estimate of drug-likeness (QED) is 0.254. The minimum atomic E-state index is -4.67. The van der Waals surface area contributed by atoms with Crippen molar-refractivity contribution in [2.24, 2.45) is 5.73 Å². The molecule has 120 valence electrons. The summed E-state index contributed by atoms with van der Waals surface area (Å²) in [7, 11) is -4.67. The van der Waals surface area contributed by atoms with Gasteiger partial charge in [0.1, 0.15) is 6.04 Å². The number of carbonyl (C=O) groups is 2. The molecule has 0 saturated carbocycles. The van der Waals surface area contributed by atoms with Gasteiger partial charge in [-0.25, -0.2) is 0 Å². The van der Waals surface area contributed by atoms with Crippen molar-refractivity contribution in [3.63, 3.8) is 0 Å². The monoisotopic (exact) mass is 324 g/mol. The Morgan fingerprint density at radius 1 is 1.19 bits per heavy atom. The van der Waals surface area contributed by atoms with E-state index in [1.807, 2.05) is 0 Å². The largest absolute Gasteiger partial charge is 0.480 e. The number of anilines is 1. The van der Waals surface area contributed by atoms with E-state index in [-0.39, 0.29) is 17.7 Å². The molecule has 0 saturated heterocycles. The normalized spacial score (nSPS) is 11.4. The first kappa shape index (κ1) is 21.3. The number of para-hydroxylation sites is 1. The lowest BCUT2D eigenvalue weighted by molar-refractivity contribution is -0.138. The summed E-state index contributed by atoms with van der Waals surface area (Å²) in [6, 6.07) is 5.31. The van der Waals surface area contributed by atoms with Crippen LogP contribution in [0.1, 0.15) is 16.8 Å². The molecule has 1 aromatic carbocycles. The molecule has 1 aromatic rings. The van der Waals surface area contributed by atoms with Crippen LogP contribution < -0.4 is 11.5 Å². The van der Waals surface area contributed by atoms with Crippen LogP contribution in [0.5, 0.6) is 0 Å². The Bertz CT molecular complexity index is 578. The van der Waals surface area contributed by atoms with Crippen LogP contribution in [0.2, 0.25) is 0 Å². The lowest BCUT2D eigenvalue weighted by atomic mass is 10.0. The van der Waals surface area contributed by atoms with E-state index in [2.05, 4.69) is 0 Å². The minimum Gasteiger partial charge on any atom is -0.480 e. The van der Waals surface area contributed by atoms with E-state index >= 15 is 0 Å². The lowest BCUT2D eigenvalue weighted by Crippen LogP contribution is -2.32. The van der Waals surface area contributed by atoms with Gasteiger partial charge in [0.25, 0.3) is 0 Å². The van der Waals surface area contributed by atoms with E-state index in [9.17, 15) is 9.59 Å². The first-order valence-corrected chi connectivity index (χ1v) is 6.48. The number of carbonyl (C=O) groups excluding carboxylic acids is 1. The zero-order valence-electron chi connectivity index (χ0n) is 10.6. The predicted molar refractivity (Wildman–Crippen MR) is 73.2 cm³/mol. The third-order valence-electron chi connectivity index (χ3n) is 1.98. The highest BCUT2D eigenvalue weighted by molar-refractivity contribution is 7.79. The Hall–Kier alpha value is -2.05. The van der Waals surface area contributed by atoms with E-state index in [0.29, 0.717) is 11.3 Å². The van der Waals surface area contributed by atoms with Crippen molar-refractivity contribution in [2.75, 3.05) is 5.73 Å². The Kier molecular flexibility index (Phi) is 9.10. The molecule has 0 aromatic heterocycles. The van der Waals surface area contributed by atoms with Gasteiger partial charge < -0.3 is 22.1 Å². The van der Waals surface area contributed by atoms with Gasteiger partial charge in [-0.05, 0) is 12.1 Å². The van der Waals surface area contributed by atoms with Crippen LogP contribution in [0.15, 0.2) is 24.3 Å². The molecule has 0 fully saturated rings. The van der Waals surface area contributed by atoms with Crippen LogP contribution in [-0.4, -0.2) is 45.9 Å². The van der Waals surface area contributed by atoms with Crippen molar-refractivity contribution in [3.8, 4) is 0 Å². The molecular formula is C10H16N2O8S. The number of benzene rings is 1. The number of carboxylic acid groups (broad SMARTS) is 1. The molecule has 0 aliphatic rings. The zero-order chi connectivity index (χ0) is 15.9. The molecule has 0 aliphatic carbocycles. The summed E-state index contributed by atoms with van der Waals surface area (Å²) in [5, 5.41) is 8.54. The van der Waals surface area contributed by atoms with E-state index in [0.717, 1.165) is 0 Å². The second-order valence-corrected chi connectivity index (χ2v) is 4.50. The smallest absolute Gasteiger partial charge is 0.394 e. The summed E-state index contributed by atoms with van der Waals surface area (Å²) in [6.07, 6.45) is -0.246. The van der Waals surface area contributed by atoms with Gasteiger partial charge in [-0.2, -0.15) is 8.42 Å². The van der Waals surface area contributed by atoms with E-state index in [1.54, 1.807) is 24.3 Å². The average molecular weight is 324 g/mol. The average Bonchev–Trinajstić information content (AvgIpc) is 2.26. The number of hydrogen-bond donors (Lipinski definition) is 5. The number of rotatable bonds is 4. The summed E-state index contributed by atoms with van der Waals surface area (Å²) >= 11 is 0. The molecule has 0 heterocycles. The van der Waals surface area contributed by atoms with Crippen LogP contribution in [0, 0.1) is 0 Å². The highest BCUT2D eigenvalue weighted by atomic mass is 32.3. The number of ketones is 1. The van der Waals surface area contributed by atoms with Crippen molar-refractivity contribution in [1.82, 2.24) is 0 Å². The van der Waals surface area contributed by atoms with Crippen LogP contribution >= 0.6 is 0 Å². The maximum absolute atomic E-state index is 11.6. The van der Waals surface area contributed by atoms with Gasteiger partial charge in [-0.15, -0.1) is 0 Å². The molecule has 0 spiro atoms. The number of carboxylic acids is 1. The third kappa shape index (κ3) is 10.4. The Morgan fingerprint density at radius 3 is 2.00 bits per heavy atom. The van der Waals surface area contributed by atoms with Gasteiger partial charge >= 0.3 is 16.4 Å². The number of nitrogens with two attached hydrogens (primary N) is 2. The van der Waals surface area contributed by atoms with Crippen LogP contribution in [0.3, 0.4) is 0 Å². The predicted octanol–water partition coefficient (Wildman–Crippen LogP) is -1.22. The standard InChI is InChI=1S/C10H12N2O3.H2O4S.H2O/c11-7-4-2-1-3-6(7)9(13)5-8(12)10(14)15;1-5(2,3)4;/h1-4,8H,5,11-12H2,(H,14,15);(H2,1,2,3,4);1H2/t8-;;/m0../s1. The molecule has 11 heteroatoms. The first-order chi connectivity index (χ1) is 9.02. The third-order valence-corrected chi connectivity index (χ3v) is 1.98. The van der Waals surface area contributed by atoms with Gasteiger partial charge in [0.2, 0.25) is 0 Å². The molecule has 0 unspecified atom stereocenters. The van der Waals surface area contributed by atoms with Crippen molar-refractivity contribution in [2.45, 2.75) is 12.5 Å². The van der Waals surface area contributed by atoms with Crippen LogP contribution in [0.4, 0.5) is 5.69 Å². The number of hydrogen-bond acceptors (Lipinski definition) is 6. The Morgan fingerprint density at radius 2 is 1.62 bits per heavy atom. The molecule has 1 rings (SSSR count). The fourth-order valence-electron chi connectivity index (χ4n) is 1.15. The second-order valence-electron chi connectivity index (χ2n) is 3.61. The summed E-state index contributed by atoms with van der Waals surface area (Å²) in [5.41, 5.74) is 11.5. The molecule has 10 nitrogen and oxygen atoms in total. The van der Waals surface area contributed by atoms with Gasteiger partial charge in [-0.3, -0.25) is 18.7 Å². The summed E-state index contributed by atoms with van der Waals surface area (Å²) < 4.78 is 31.6. The van der Waals surface area contributed by atoms with Gasteiger partial charge in [0, 0.05) is 17.7 Å². The van der Waals surface area contributed by atoms with E-state index < -0.39 is 22.4 Å². The summed E-state index contributed by atoms with van der Waals surface area (Å²) in [5.74, 6) is -1.55. The second kappa shape index (κ2) is 8.99. The molecule has 21 heavy (non-hydrogen) atoms. The first-order valence-electron chi connectivity index (χ1n) is 5.08. The fourth-order valence-corrected chi connectivity index (χ4v) is 1.15. The van der Waals surface area contributed by atoms with Crippen LogP contribution in [0.25, 0.3) is 0 Å². The maximum Gasteiger partial charge on any atom is 0.394 e. The minimum absolute atomic E-state index is 0. The highest BCUT2D eigenvalue weighted by Gasteiger charge is 2.18. The Labute approximate surface area is 120 Å². The van der Waals surface area contributed by atoms with Gasteiger partial charge in [-0.1, -0.05) is 12.1 Å². The molecule has 0 radical (unpaired) electrons. The maximum atomic E-state index is 11.6. The molecule has 9 N–H and O–H groups in total. The van der Waals surface area contributed by atoms with Crippen LogP contribution in [-0.2, 0) is 15.2 Å². The van der Waals surface area contributed by atoms with Gasteiger partial charge in [0.15, 0.2) is 5.78 Å². The molecule has 1 atom stereocenters. The summed E-state index contributed by atoms with van der Waals surface area (Å²) in [4.78, 5) is 22.0. The zero-order valence-corrected chi connectivity index (χ0v) is 11.4. The number of Topliss-reactive ketones (excluding diaryl/α,β-unsaturated/α-hetero) is 1. The topological polar surface area (TPSA) is 213 Å². The van der Waals surface area contributed by atoms with Crippen molar-refractivity contribution >= 4 is 27.8 Å². The molecule has 0 amide bonds. The fraction of sp³-hybridized carbons (Fsp3) is 0.200. The van der Waals surface area contributed by atoms with E-state index in [4.69, 9.17) is 34.1 Å². The van der Waals surface area contributed by atoms with Gasteiger partial charge in [0.05, 0.1) is 0 Å². The number of nitrogen functional groups attached to an aromatic ring is 1. The lowest BCUT2D eigenvalue weighted by Gasteiger charge is -2.07. The molecule has 0 bridgehead atoms. The Balaban J connectivity index is 0. The highest BCUT2D eigenvalue weighted by Crippen LogP contribution is 2.13. The number of aliphatic carboxylic acids is 1. The van der Waals surface area contributed by atoms with Crippen molar-refractivity contribution in [1.29, 1.82) is 0 Å². The summed E-state index contributed by atoms with van der Waals surface area (Å²) in [6.45, 7) is 0.